The quantitative estimate of drug-likeness (QED) is 0.128. The molecule has 4 heteroatoms. The lowest BCUT2D eigenvalue weighted by Gasteiger charge is -2.30. The van der Waals surface area contributed by atoms with Crippen molar-refractivity contribution in [3.8, 4) is 56.4 Å². The van der Waals surface area contributed by atoms with Crippen LogP contribution in [0.3, 0.4) is 0 Å². The molecule has 0 aliphatic carbocycles. The van der Waals surface area contributed by atoms with E-state index in [1.165, 1.54) is 16.7 Å². The van der Waals surface area contributed by atoms with Crippen molar-refractivity contribution < 1.29 is 9.47 Å². The number of rotatable bonds is 10. The number of benzene rings is 9. The van der Waals surface area contributed by atoms with Gasteiger partial charge in [0.2, 0.25) is 0 Å². The number of hydrogen-bond acceptors (Lipinski definition) is 4. The first kappa shape index (κ1) is 38.6. The van der Waals surface area contributed by atoms with Gasteiger partial charge in [0, 0.05) is 68.5 Å². The van der Waals surface area contributed by atoms with Crippen molar-refractivity contribution >= 4 is 45.3 Å². The first-order chi connectivity index (χ1) is 31.6. The highest BCUT2D eigenvalue weighted by Crippen LogP contribution is 2.56. The molecule has 0 saturated carbocycles. The minimum Gasteiger partial charge on any atom is -0.456 e. The van der Waals surface area contributed by atoms with Gasteiger partial charge in [-0.05, 0) is 121 Å². The number of nitrogens with zero attached hydrogens (tertiary/aromatic N) is 2. The topological polar surface area (TPSA) is 24.9 Å². The van der Waals surface area contributed by atoms with Crippen molar-refractivity contribution in [1.29, 1.82) is 0 Å². The fourth-order valence-corrected chi connectivity index (χ4v) is 8.89. The zero-order valence-electron chi connectivity index (χ0n) is 35.7. The second-order valence-corrected chi connectivity index (χ2v) is 16.3. The van der Waals surface area contributed by atoms with E-state index in [0.717, 1.165) is 95.6 Å². The van der Waals surface area contributed by atoms with E-state index in [4.69, 9.17) is 9.47 Å². The summed E-state index contributed by atoms with van der Waals surface area (Å²) in [5.74, 6) is 3.26. The molecule has 0 amide bonds. The SMILES string of the molecule is Cc1ccc(N(/C=C/C=C\C=C\c2ccccc2)c2ccc3c(c2)Oc2ccc4c5c(ccc-3c25)Oc2cc(N(c3ccc(C)cc3)c3ccccc3-c3ccccc3)ccc2-4)cc1. The van der Waals surface area contributed by atoms with E-state index in [1.807, 2.05) is 18.2 Å². The molecule has 306 valence electrons. The molecule has 0 radical (unpaired) electrons. The number of ether oxygens (including phenoxy) is 2. The number of hydrogen-bond donors (Lipinski definition) is 0. The maximum atomic E-state index is 6.90. The molecular weight excluding hydrogens is 781 g/mol. The number of allylic oxidation sites excluding steroid dienone is 4. The Morgan fingerprint density at radius 3 is 1.55 bits per heavy atom. The summed E-state index contributed by atoms with van der Waals surface area (Å²) in [7, 11) is 0. The van der Waals surface area contributed by atoms with Crippen molar-refractivity contribution in [3.63, 3.8) is 0 Å². The molecule has 2 heterocycles. The van der Waals surface area contributed by atoms with Gasteiger partial charge in [0.15, 0.2) is 0 Å². The van der Waals surface area contributed by atoms with Crippen LogP contribution in [0.2, 0.25) is 0 Å². The van der Waals surface area contributed by atoms with Gasteiger partial charge in [-0.3, -0.25) is 0 Å². The zero-order chi connectivity index (χ0) is 43.0. The molecule has 0 spiro atoms. The molecule has 2 aliphatic rings. The molecule has 0 atom stereocenters. The summed E-state index contributed by atoms with van der Waals surface area (Å²) < 4.78 is 13.7. The largest absolute Gasteiger partial charge is 0.456 e. The lowest BCUT2D eigenvalue weighted by atomic mass is 9.88. The zero-order valence-corrected chi connectivity index (χ0v) is 35.7. The Morgan fingerprint density at radius 1 is 0.375 bits per heavy atom. The Hall–Kier alpha value is -8.34. The molecule has 0 fully saturated rings. The molecule has 0 unspecified atom stereocenters. The number of para-hydroxylation sites is 1. The van der Waals surface area contributed by atoms with Gasteiger partial charge in [0.05, 0.1) is 5.69 Å². The van der Waals surface area contributed by atoms with Crippen LogP contribution in [-0.4, -0.2) is 0 Å². The summed E-state index contributed by atoms with van der Waals surface area (Å²) in [6.07, 6.45) is 12.4. The van der Waals surface area contributed by atoms with Gasteiger partial charge < -0.3 is 19.3 Å². The lowest BCUT2D eigenvalue weighted by Crippen LogP contribution is -2.12. The average Bonchev–Trinajstić information content (AvgIpc) is 3.34. The minimum absolute atomic E-state index is 0.814. The van der Waals surface area contributed by atoms with E-state index in [9.17, 15) is 0 Å². The third-order valence-electron chi connectivity index (χ3n) is 12.1. The molecule has 9 aromatic rings. The van der Waals surface area contributed by atoms with Gasteiger partial charge in [-0.25, -0.2) is 0 Å². The Morgan fingerprint density at radius 2 is 0.891 bits per heavy atom. The molecule has 11 rings (SSSR count). The number of anilines is 5. The van der Waals surface area contributed by atoms with Crippen LogP contribution >= 0.6 is 0 Å². The summed E-state index contributed by atoms with van der Waals surface area (Å²) in [6.45, 7) is 4.24. The highest BCUT2D eigenvalue weighted by molar-refractivity contribution is 6.14. The van der Waals surface area contributed by atoms with Crippen molar-refractivity contribution in [2.24, 2.45) is 0 Å². The summed E-state index contributed by atoms with van der Waals surface area (Å²) in [5, 5.41) is 2.12. The predicted molar refractivity (Wildman–Crippen MR) is 267 cm³/mol. The standard InChI is InChI=1S/C60H44N2O2/c1-41-22-26-45(27-23-41)61(38-14-4-3-7-15-43-16-8-5-9-17-43)47-30-32-50-52-34-37-56-60-53(35-36-55(59(52)60)63-57(50)39-47)51-33-31-48(40-58(51)64-56)62(46-28-24-42(2)25-29-46)54-21-13-12-20-49(54)44-18-10-6-11-19-44/h3-40H,1-2H3/b4-3-,15-7+,38-14+. The van der Waals surface area contributed by atoms with Gasteiger partial charge in [0.1, 0.15) is 23.0 Å². The monoisotopic (exact) mass is 824 g/mol. The summed E-state index contributed by atoms with van der Waals surface area (Å²) in [4.78, 5) is 4.53. The molecule has 64 heavy (non-hydrogen) atoms. The second kappa shape index (κ2) is 16.5. The summed E-state index contributed by atoms with van der Waals surface area (Å²) in [6, 6.07) is 68.5. The van der Waals surface area contributed by atoms with Crippen molar-refractivity contribution in [2.75, 3.05) is 9.80 Å². The molecule has 9 aromatic carbocycles. The minimum atomic E-state index is 0.814. The van der Waals surface area contributed by atoms with Crippen LogP contribution in [0.15, 0.2) is 225 Å². The molecule has 0 bridgehead atoms. The van der Waals surface area contributed by atoms with E-state index in [0.29, 0.717) is 0 Å². The third-order valence-corrected chi connectivity index (χ3v) is 12.1. The third kappa shape index (κ3) is 7.21. The number of fused-ring (bicyclic) bond motifs is 4. The van der Waals surface area contributed by atoms with Crippen LogP contribution < -0.4 is 19.3 Å². The van der Waals surface area contributed by atoms with Gasteiger partial charge >= 0.3 is 0 Å². The van der Waals surface area contributed by atoms with Crippen LogP contribution in [0.1, 0.15) is 16.7 Å². The highest BCUT2D eigenvalue weighted by atomic mass is 16.5. The molecule has 2 aliphatic heterocycles. The highest BCUT2D eigenvalue weighted by Gasteiger charge is 2.29. The van der Waals surface area contributed by atoms with Gasteiger partial charge in [-0.1, -0.05) is 139 Å². The maximum Gasteiger partial charge on any atom is 0.137 e. The summed E-state index contributed by atoms with van der Waals surface area (Å²) in [5.41, 5.74) is 15.5. The first-order valence-electron chi connectivity index (χ1n) is 21.7. The fraction of sp³-hybridized carbons (Fsp3) is 0.0333. The first-order valence-corrected chi connectivity index (χ1v) is 21.7. The van der Waals surface area contributed by atoms with Crippen LogP contribution in [0.25, 0.3) is 50.2 Å². The molecule has 4 nitrogen and oxygen atoms in total. The van der Waals surface area contributed by atoms with Crippen molar-refractivity contribution in [1.82, 2.24) is 0 Å². The second-order valence-electron chi connectivity index (χ2n) is 16.3. The Balaban J connectivity index is 0.946. The van der Waals surface area contributed by atoms with E-state index in [-0.39, 0.29) is 0 Å². The van der Waals surface area contributed by atoms with Gasteiger partial charge in [0.25, 0.3) is 0 Å². The molecule has 0 aromatic heterocycles. The van der Waals surface area contributed by atoms with E-state index >= 15 is 0 Å². The molecule has 0 saturated heterocycles. The predicted octanol–water partition coefficient (Wildman–Crippen LogP) is 17.1. The van der Waals surface area contributed by atoms with Gasteiger partial charge in [-0.2, -0.15) is 0 Å². The van der Waals surface area contributed by atoms with Crippen LogP contribution in [0.5, 0.6) is 23.0 Å². The van der Waals surface area contributed by atoms with Gasteiger partial charge in [-0.15, -0.1) is 0 Å². The Bertz CT molecular complexity index is 3280. The lowest BCUT2D eigenvalue weighted by molar-refractivity contribution is 0.480. The Kier molecular flexibility index (Phi) is 9.95. The Labute approximate surface area is 374 Å². The molecule has 0 N–H and O–H groups in total. The van der Waals surface area contributed by atoms with Crippen LogP contribution in [0, 0.1) is 13.8 Å². The fourth-order valence-electron chi connectivity index (χ4n) is 8.89. The van der Waals surface area contributed by atoms with E-state index in [1.54, 1.807) is 0 Å². The van der Waals surface area contributed by atoms with E-state index in [2.05, 4.69) is 236 Å². The van der Waals surface area contributed by atoms with Crippen LogP contribution in [0.4, 0.5) is 28.4 Å². The van der Waals surface area contributed by atoms with Crippen molar-refractivity contribution in [2.45, 2.75) is 13.8 Å². The molecular formula is C60H44N2O2. The average molecular weight is 825 g/mol. The normalized spacial score (nSPS) is 12.3. The summed E-state index contributed by atoms with van der Waals surface area (Å²) >= 11 is 0. The van der Waals surface area contributed by atoms with Crippen LogP contribution in [-0.2, 0) is 0 Å². The number of aryl methyl sites for hydroxylation is 2. The van der Waals surface area contributed by atoms with Crippen molar-refractivity contribution in [3.05, 3.63) is 241 Å². The smallest absolute Gasteiger partial charge is 0.137 e. The van der Waals surface area contributed by atoms with E-state index < -0.39 is 0 Å². The maximum absolute atomic E-state index is 6.90.